The van der Waals surface area contributed by atoms with E-state index in [-0.39, 0.29) is 16.3 Å². The molecule has 0 unspecified atom stereocenters. The summed E-state index contributed by atoms with van der Waals surface area (Å²) < 4.78 is 14.3. The molecule has 2 aromatic rings. The maximum absolute atomic E-state index is 13.7. The Balaban J connectivity index is 2.68. The van der Waals surface area contributed by atoms with Gasteiger partial charge in [0.15, 0.2) is 0 Å². The van der Waals surface area contributed by atoms with Gasteiger partial charge in [0, 0.05) is 11.1 Å². The second-order valence-electron chi connectivity index (χ2n) is 3.24. The third kappa shape index (κ3) is 1.93. The third-order valence-corrected chi connectivity index (χ3v) is 3.16. The standard InChI is InChI=1S/C12H7BrClFO/c13-9-5-1-4-8(12(9)16)7-3-2-6-10(14)11(7)15/h1-6,16H. The van der Waals surface area contributed by atoms with Crippen molar-refractivity contribution in [1.29, 1.82) is 0 Å². The largest absolute Gasteiger partial charge is 0.506 e. The van der Waals surface area contributed by atoms with Gasteiger partial charge in [-0.25, -0.2) is 4.39 Å². The zero-order valence-electron chi connectivity index (χ0n) is 8.05. The Labute approximate surface area is 106 Å². The van der Waals surface area contributed by atoms with Crippen LogP contribution < -0.4 is 0 Å². The molecule has 0 atom stereocenters. The Morgan fingerprint density at radius 1 is 1.06 bits per heavy atom. The van der Waals surface area contributed by atoms with Crippen molar-refractivity contribution in [2.75, 3.05) is 0 Å². The van der Waals surface area contributed by atoms with Gasteiger partial charge in [-0.3, -0.25) is 0 Å². The van der Waals surface area contributed by atoms with Crippen LogP contribution >= 0.6 is 27.5 Å². The molecule has 0 heterocycles. The minimum Gasteiger partial charge on any atom is -0.506 e. The fourth-order valence-electron chi connectivity index (χ4n) is 1.44. The van der Waals surface area contributed by atoms with E-state index in [2.05, 4.69) is 15.9 Å². The van der Waals surface area contributed by atoms with Gasteiger partial charge in [-0.1, -0.05) is 35.9 Å². The van der Waals surface area contributed by atoms with E-state index in [1.807, 2.05) is 0 Å². The highest BCUT2D eigenvalue weighted by Gasteiger charge is 2.13. The molecule has 82 valence electrons. The number of benzene rings is 2. The Morgan fingerprint density at radius 2 is 1.69 bits per heavy atom. The quantitative estimate of drug-likeness (QED) is 0.815. The summed E-state index contributed by atoms with van der Waals surface area (Å²) in [5, 5.41) is 9.85. The van der Waals surface area contributed by atoms with Crippen LogP contribution in [0.25, 0.3) is 11.1 Å². The number of phenols is 1. The first-order valence-electron chi connectivity index (χ1n) is 4.53. The minimum atomic E-state index is -0.530. The van der Waals surface area contributed by atoms with Crippen molar-refractivity contribution >= 4 is 27.5 Å². The smallest absolute Gasteiger partial charge is 0.149 e. The first kappa shape index (κ1) is 11.4. The van der Waals surface area contributed by atoms with Crippen LogP contribution in [0.5, 0.6) is 5.75 Å². The van der Waals surface area contributed by atoms with Gasteiger partial charge in [0.1, 0.15) is 11.6 Å². The summed E-state index contributed by atoms with van der Waals surface area (Å²) in [6, 6.07) is 9.72. The molecule has 2 rings (SSSR count). The van der Waals surface area contributed by atoms with Crippen LogP contribution in [0.4, 0.5) is 4.39 Å². The summed E-state index contributed by atoms with van der Waals surface area (Å²) in [4.78, 5) is 0. The van der Waals surface area contributed by atoms with Crippen molar-refractivity contribution in [2.45, 2.75) is 0 Å². The highest BCUT2D eigenvalue weighted by molar-refractivity contribution is 9.10. The lowest BCUT2D eigenvalue weighted by Gasteiger charge is -2.08. The van der Waals surface area contributed by atoms with E-state index >= 15 is 0 Å². The molecule has 1 N–H and O–H groups in total. The molecule has 16 heavy (non-hydrogen) atoms. The van der Waals surface area contributed by atoms with E-state index in [0.717, 1.165) is 0 Å². The Bertz CT molecular complexity index is 493. The lowest BCUT2D eigenvalue weighted by atomic mass is 10.0. The SMILES string of the molecule is Oc1c(Br)cccc1-c1cccc(Cl)c1F. The molecule has 0 aliphatic carbocycles. The predicted octanol–water partition coefficient (Wildman–Crippen LogP) is 4.61. The van der Waals surface area contributed by atoms with Crippen LogP contribution in [0.2, 0.25) is 5.02 Å². The van der Waals surface area contributed by atoms with Crippen LogP contribution in [0.1, 0.15) is 0 Å². The van der Waals surface area contributed by atoms with E-state index in [1.165, 1.54) is 6.07 Å². The van der Waals surface area contributed by atoms with E-state index < -0.39 is 5.82 Å². The van der Waals surface area contributed by atoms with Gasteiger partial charge < -0.3 is 5.11 Å². The number of hydrogen-bond donors (Lipinski definition) is 1. The summed E-state index contributed by atoms with van der Waals surface area (Å²) >= 11 is 8.87. The first-order valence-corrected chi connectivity index (χ1v) is 5.70. The lowest BCUT2D eigenvalue weighted by molar-refractivity contribution is 0.473. The summed E-state index contributed by atoms with van der Waals surface area (Å²) in [5.74, 6) is -0.527. The average molecular weight is 302 g/mol. The molecule has 0 amide bonds. The summed E-state index contributed by atoms with van der Waals surface area (Å²) in [6.07, 6.45) is 0. The monoisotopic (exact) mass is 300 g/mol. The number of halogens is 3. The van der Waals surface area contributed by atoms with Crippen LogP contribution in [-0.2, 0) is 0 Å². The predicted molar refractivity (Wildman–Crippen MR) is 66.2 cm³/mol. The zero-order valence-corrected chi connectivity index (χ0v) is 10.4. The summed E-state index contributed by atoms with van der Waals surface area (Å²) in [7, 11) is 0. The van der Waals surface area contributed by atoms with Crippen LogP contribution in [-0.4, -0.2) is 5.11 Å². The Morgan fingerprint density at radius 3 is 2.44 bits per heavy atom. The lowest BCUT2D eigenvalue weighted by Crippen LogP contribution is -1.86. The summed E-state index contributed by atoms with van der Waals surface area (Å²) in [6.45, 7) is 0. The molecule has 0 radical (unpaired) electrons. The number of phenolic OH excluding ortho intramolecular Hbond substituents is 1. The van der Waals surface area contributed by atoms with E-state index in [1.54, 1.807) is 30.3 Å². The summed E-state index contributed by atoms with van der Waals surface area (Å²) in [5.41, 5.74) is 0.695. The van der Waals surface area contributed by atoms with Gasteiger partial charge in [-0.15, -0.1) is 0 Å². The highest BCUT2D eigenvalue weighted by atomic mass is 79.9. The normalized spacial score (nSPS) is 10.4. The maximum atomic E-state index is 13.7. The molecule has 0 aliphatic rings. The average Bonchev–Trinajstić information content (AvgIpc) is 2.27. The number of para-hydroxylation sites is 1. The van der Waals surface area contributed by atoms with Crippen molar-refractivity contribution in [1.82, 2.24) is 0 Å². The Kier molecular flexibility index (Phi) is 3.17. The van der Waals surface area contributed by atoms with E-state index in [9.17, 15) is 9.50 Å². The molecule has 0 aromatic heterocycles. The molecule has 0 saturated heterocycles. The molecular weight excluding hydrogens is 294 g/mol. The fraction of sp³-hybridized carbons (Fsp3) is 0. The van der Waals surface area contributed by atoms with Gasteiger partial charge in [0.2, 0.25) is 0 Å². The van der Waals surface area contributed by atoms with Gasteiger partial charge in [0.25, 0.3) is 0 Å². The molecule has 0 spiro atoms. The fourth-order valence-corrected chi connectivity index (χ4v) is 1.99. The molecule has 1 nitrogen and oxygen atoms in total. The van der Waals surface area contributed by atoms with E-state index in [0.29, 0.717) is 10.0 Å². The van der Waals surface area contributed by atoms with Crippen molar-refractivity contribution in [3.05, 3.63) is 51.7 Å². The Hall–Kier alpha value is -1.06. The van der Waals surface area contributed by atoms with Crippen molar-refractivity contribution in [3.8, 4) is 16.9 Å². The van der Waals surface area contributed by atoms with E-state index in [4.69, 9.17) is 11.6 Å². The number of rotatable bonds is 1. The third-order valence-electron chi connectivity index (χ3n) is 2.23. The van der Waals surface area contributed by atoms with Crippen LogP contribution in [0.15, 0.2) is 40.9 Å². The van der Waals surface area contributed by atoms with Crippen molar-refractivity contribution < 1.29 is 9.50 Å². The van der Waals surface area contributed by atoms with Gasteiger partial charge in [0.05, 0.1) is 9.50 Å². The van der Waals surface area contributed by atoms with Gasteiger partial charge >= 0.3 is 0 Å². The zero-order chi connectivity index (χ0) is 11.7. The topological polar surface area (TPSA) is 20.2 Å². The number of aromatic hydroxyl groups is 1. The van der Waals surface area contributed by atoms with Gasteiger partial charge in [-0.2, -0.15) is 0 Å². The first-order chi connectivity index (χ1) is 7.61. The molecular formula is C12H7BrClFO. The van der Waals surface area contributed by atoms with Crippen LogP contribution in [0, 0.1) is 5.82 Å². The second-order valence-corrected chi connectivity index (χ2v) is 4.50. The molecule has 2 aromatic carbocycles. The molecule has 4 heteroatoms. The minimum absolute atomic E-state index is 0.00340. The second kappa shape index (κ2) is 4.44. The molecule has 0 saturated carbocycles. The van der Waals surface area contributed by atoms with Crippen LogP contribution in [0.3, 0.4) is 0 Å². The molecule has 0 aliphatic heterocycles. The molecule has 0 fully saturated rings. The van der Waals surface area contributed by atoms with Crippen molar-refractivity contribution in [3.63, 3.8) is 0 Å². The maximum Gasteiger partial charge on any atom is 0.149 e. The van der Waals surface area contributed by atoms with Crippen molar-refractivity contribution in [2.24, 2.45) is 0 Å². The molecule has 0 bridgehead atoms. The number of hydrogen-bond acceptors (Lipinski definition) is 1. The van der Waals surface area contributed by atoms with Gasteiger partial charge in [-0.05, 0) is 28.1 Å². The highest BCUT2D eigenvalue weighted by Crippen LogP contribution is 2.37.